The van der Waals surface area contributed by atoms with Crippen molar-refractivity contribution in [2.45, 2.75) is 32.7 Å². The number of carbonyl (C=O) groups is 1. The van der Waals surface area contributed by atoms with Gasteiger partial charge in [0.1, 0.15) is 0 Å². The molecule has 0 spiro atoms. The number of hydrogen-bond acceptors (Lipinski definition) is 5. The number of nitrogens with one attached hydrogen (secondary N) is 2. The second kappa shape index (κ2) is 8.58. The van der Waals surface area contributed by atoms with Gasteiger partial charge in [0.15, 0.2) is 11.5 Å². The summed E-state index contributed by atoms with van der Waals surface area (Å²) < 4.78 is 2.06. The van der Waals surface area contributed by atoms with E-state index in [2.05, 4.69) is 33.9 Å². The Morgan fingerprint density at radius 2 is 1.79 bits per heavy atom. The number of fused-ring (bicyclic) bond motifs is 1. The van der Waals surface area contributed by atoms with Gasteiger partial charge in [-0.1, -0.05) is 38.1 Å². The molecular weight excluding hydrogens is 412 g/mol. The molecule has 7 heteroatoms. The lowest BCUT2D eigenvalue weighted by Crippen LogP contribution is -2.25. The number of carbonyl (C=O) groups excluding carboxylic acids is 1. The van der Waals surface area contributed by atoms with Gasteiger partial charge in [-0.3, -0.25) is 9.20 Å². The Morgan fingerprint density at radius 1 is 1.09 bits per heavy atom. The smallest absolute Gasteiger partial charge is 0.251 e. The van der Waals surface area contributed by atoms with Crippen molar-refractivity contribution in [2.24, 2.45) is 5.92 Å². The van der Waals surface area contributed by atoms with Crippen LogP contribution in [0.1, 0.15) is 37.0 Å². The first-order valence-electron chi connectivity index (χ1n) is 11.4. The quantitative estimate of drug-likeness (QED) is 0.365. The molecule has 0 unspecified atom stereocenters. The minimum absolute atomic E-state index is 0.0165. The number of nitrogen functional groups attached to an aromatic ring is 1. The number of benzene rings is 2. The van der Waals surface area contributed by atoms with Crippen molar-refractivity contribution in [3.05, 3.63) is 66.5 Å². The molecule has 1 aliphatic carbocycles. The number of nitrogens with two attached hydrogens (primary N) is 1. The van der Waals surface area contributed by atoms with E-state index in [9.17, 15) is 4.79 Å². The summed E-state index contributed by atoms with van der Waals surface area (Å²) in [7, 11) is 0. The number of hydrogen-bond donors (Lipinski definition) is 3. The number of aromatic nitrogens is 3. The highest BCUT2D eigenvalue weighted by Gasteiger charge is 2.23. The van der Waals surface area contributed by atoms with Crippen LogP contribution in [0.15, 0.2) is 60.9 Å². The molecule has 0 atom stereocenters. The van der Waals surface area contributed by atoms with Crippen LogP contribution in [0, 0.1) is 5.92 Å². The van der Waals surface area contributed by atoms with Gasteiger partial charge in [-0.2, -0.15) is 0 Å². The summed E-state index contributed by atoms with van der Waals surface area (Å²) in [5.74, 6) is 1.19. The number of imidazole rings is 1. The van der Waals surface area contributed by atoms with E-state index in [1.807, 2.05) is 60.9 Å². The van der Waals surface area contributed by atoms with Crippen LogP contribution in [0.3, 0.4) is 0 Å². The monoisotopic (exact) mass is 440 g/mol. The molecule has 1 saturated carbocycles. The summed E-state index contributed by atoms with van der Waals surface area (Å²) in [6.45, 7) is 5.11. The SMILES string of the molecule is CC(C)CNc1nc(-c2ccc(N)cc2)cn2c(-c3ccc(C(=O)NC4CC4)cc3)cnc12. The summed E-state index contributed by atoms with van der Waals surface area (Å²) in [6.07, 6.45) is 5.99. The summed E-state index contributed by atoms with van der Waals surface area (Å²) >= 11 is 0. The van der Waals surface area contributed by atoms with Gasteiger partial charge in [-0.05, 0) is 43.0 Å². The van der Waals surface area contributed by atoms with Crippen LogP contribution in [0.2, 0.25) is 0 Å². The molecular formula is C26H28N6O. The predicted octanol–water partition coefficient (Wildman–Crippen LogP) is 4.61. The predicted molar refractivity (Wildman–Crippen MR) is 132 cm³/mol. The molecule has 0 bridgehead atoms. The molecule has 2 aromatic heterocycles. The van der Waals surface area contributed by atoms with Crippen molar-refractivity contribution in [3.63, 3.8) is 0 Å². The molecule has 1 aliphatic rings. The van der Waals surface area contributed by atoms with Gasteiger partial charge in [0.05, 0.1) is 17.6 Å². The van der Waals surface area contributed by atoms with Crippen LogP contribution in [0.25, 0.3) is 28.2 Å². The Labute approximate surface area is 193 Å². The van der Waals surface area contributed by atoms with Crippen LogP contribution >= 0.6 is 0 Å². The lowest BCUT2D eigenvalue weighted by molar-refractivity contribution is 0.0951. The molecule has 33 heavy (non-hydrogen) atoms. The second-order valence-corrected chi connectivity index (χ2v) is 9.03. The average Bonchev–Trinajstić information content (AvgIpc) is 3.53. The lowest BCUT2D eigenvalue weighted by atomic mass is 10.1. The first-order chi connectivity index (χ1) is 16.0. The third kappa shape index (κ3) is 4.53. The largest absolute Gasteiger partial charge is 0.399 e. The first kappa shape index (κ1) is 21.0. The average molecular weight is 441 g/mol. The van der Waals surface area contributed by atoms with Crippen LogP contribution in [-0.4, -0.2) is 32.9 Å². The van der Waals surface area contributed by atoms with Crippen molar-refractivity contribution in [2.75, 3.05) is 17.6 Å². The molecule has 0 saturated heterocycles. The van der Waals surface area contributed by atoms with E-state index in [0.717, 1.165) is 53.4 Å². The molecule has 0 aliphatic heterocycles. The van der Waals surface area contributed by atoms with Crippen molar-refractivity contribution in [3.8, 4) is 22.5 Å². The number of anilines is 2. The first-order valence-corrected chi connectivity index (χ1v) is 11.4. The van der Waals surface area contributed by atoms with E-state index in [4.69, 9.17) is 10.7 Å². The van der Waals surface area contributed by atoms with Gasteiger partial charge >= 0.3 is 0 Å². The highest BCUT2D eigenvalue weighted by Crippen LogP contribution is 2.28. The maximum absolute atomic E-state index is 12.3. The normalized spacial score (nSPS) is 13.4. The molecule has 5 rings (SSSR count). The third-order valence-electron chi connectivity index (χ3n) is 5.73. The van der Waals surface area contributed by atoms with Crippen molar-refractivity contribution in [1.82, 2.24) is 19.7 Å². The van der Waals surface area contributed by atoms with Gasteiger partial charge in [-0.15, -0.1) is 0 Å². The Hall–Kier alpha value is -3.87. The second-order valence-electron chi connectivity index (χ2n) is 9.03. The molecule has 2 aromatic carbocycles. The number of rotatable bonds is 7. The fraction of sp³-hybridized carbons (Fsp3) is 0.269. The Kier molecular flexibility index (Phi) is 5.46. The summed E-state index contributed by atoms with van der Waals surface area (Å²) in [5, 5.41) is 6.48. The molecule has 2 heterocycles. The van der Waals surface area contributed by atoms with Crippen LogP contribution < -0.4 is 16.4 Å². The molecule has 0 radical (unpaired) electrons. The van der Waals surface area contributed by atoms with Crippen LogP contribution in [0.5, 0.6) is 0 Å². The fourth-order valence-corrected chi connectivity index (χ4v) is 3.70. The van der Waals surface area contributed by atoms with E-state index in [-0.39, 0.29) is 5.91 Å². The van der Waals surface area contributed by atoms with Crippen LogP contribution in [0.4, 0.5) is 11.5 Å². The van der Waals surface area contributed by atoms with E-state index in [1.165, 1.54) is 0 Å². The lowest BCUT2D eigenvalue weighted by Gasteiger charge is -2.13. The van der Waals surface area contributed by atoms with Gasteiger partial charge < -0.3 is 16.4 Å². The Bertz CT molecular complexity index is 1290. The maximum Gasteiger partial charge on any atom is 0.251 e. The third-order valence-corrected chi connectivity index (χ3v) is 5.73. The van der Waals surface area contributed by atoms with E-state index >= 15 is 0 Å². The number of amides is 1. The van der Waals surface area contributed by atoms with E-state index in [0.29, 0.717) is 23.2 Å². The van der Waals surface area contributed by atoms with E-state index < -0.39 is 0 Å². The molecule has 7 nitrogen and oxygen atoms in total. The standard InChI is InChI=1S/C26H28N6O/c1-16(2)13-28-24-25-29-14-23(18-3-5-19(6-4-18)26(33)30-21-11-12-21)32(25)15-22(31-24)17-7-9-20(27)10-8-17/h3-10,14-16,21H,11-13,27H2,1-2H3,(H,28,31)(H,30,33). The summed E-state index contributed by atoms with van der Waals surface area (Å²) in [4.78, 5) is 21.9. The Morgan fingerprint density at radius 3 is 2.45 bits per heavy atom. The van der Waals surface area contributed by atoms with Crippen molar-refractivity contribution in [1.29, 1.82) is 0 Å². The minimum atomic E-state index is -0.0165. The van der Waals surface area contributed by atoms with Crippen molar-refractivity contribution < 1.29 is 4.79 Å². The zero-order valence-corrected chi connectivity index (χ0v) is 18.9. The topological polar surface area (TPSA) is 97.3 Å². The molecule has 4 N–H and O–H groups in total. The van der Waals surface area contributed by atoms with Gasteiger partial charge in [0, 0.05) is 41.2 Å². The zero-order valence-electron chi connectivity index (χ0n) is 18.9. The zero-order chi connectivity index (χ0) is 22.9. The molecule has 1 fully saturated rings. The molecule has 4 aromatic rings. The molecule has 168 valence electrons. The van der Waals surface area contributed by atoms with E-state index in [1.54, 1.807) is 0 Å². The van der Waals surface area contributed by atoms with Gasteiger partial charge in [0.25, 0.3) is 5.91 Å². The van der Waals surface area contributed by atoms with Crippen molar-refractivity contribution >= 4 is 23.1 Å². The highest BCUT2D eigenvalue weighted by molar-refractivity contribution is 5.95. The highest BCUT2D eigenvalue weighted by atomic mass is 16.1. The number of nitrogens with zero attached hydrogens (tertiary/aromatic N) is 3. The van der Waals surface area contributed by atoms with Gasteiger partial charge in [-0.25, -0.2) is 9.97 Å². The maximum atomic E-state index is 12.3. The van der Waals surface area contributed by atoms with Gasteiger partial charge in [0.2, 0.25) is 0 Å². The summed E-state index contributed by atoms with van der Waals surface area (Å²) in [6, 6.07) is 15.7. The minimum Gasteiger partial charge on any atom is -0.399 e. The van der Waals surface area contributed by atoms with Crippen LogP contribution in [-0.2, 0) is 0 Å². The molecule has 1 amide bonds. The Balaban J connectivity index is 1.54. The summed E-state index contributed by atoms with van der Waals surface area (Å²) in [5.41, 5.74) is 11.7. The fourth-order valence-electron chi connectivity index (χ4n) is 3.70.